The fraction of sp³-hybridized carbons (Fsp3) is 0.350. The van der Waals surface area contributed by atoms with Crippen LogP contribution in [0.1, 0.15) is 21.5 Å². The van der Waals surface area contributed by atoms with E-state index in [0.717, 1.165) is 19.6 Å². The van der Waals surface area contributed by atoms with Crippen molar-refractivity contribution in [1.29, 1.82) is 0 Å². The number of benzene rings is 2. The first-order valence-corrected chi connectivity index (χ1v) is 9.06. The summed E-state index contributed by atoms with van der Waals surface area (Å²) in [7, 11) is 1.53. The summed E-state index contributed by atoms with van der Waals surface area (Å²) in [6, 6.07) is 11.6. The van der Waals surface area contributed by atoms with E-state index in [2.05, 4.69) is 36.1 Å². The van der Waals surface area contributed by atoms with Gasteiger partial charge in [0.25, 0.3) is 5.91 Å². The Labute approximate surface area is 183 Å². The topological polar surface area (TPSA) is 58.8 Å². The Morgan fingerprint density at radius 3 is 2.39 bits per heavy atom. The Morgan fingerprint density at radius 2 is 1.79 bits per heavy atom. The molecule has 0 unspecified atom stereocenters. The number of hydrogen-bond acceptors (Lipinski definition) is 4. The van der Waals surface area contributed by atoms with Crippen molar-refractivity contribution in [1.82, 2.24) is 9.80 Å². The highest BCUT2D eigenvalue weighted by Crippen LogP contribution is 2.30. The molecular formula is C20H26Cl3N3O2. The van der Waals surface area contributed by atoms with E-state index in [1.807, 2.05) is 4.90 Å². The van der Waals surface area contributed by atoms with Crippen LogP contribution in [0.4, 0.5) is 5.69 Å². The normalized spacial score (nSPS) is 14.0. The van der Waals surface area contributed by atoms with Crippen LogP contribution in [-0.2, 0) is 6.54 Å². The molecule has 0 spiro atoms. The zero-order chi connectivity index (χ0) is 18.7. The minimum absolute atomic E-state index is 0. The fourth-order valence-electron chi connectivity index (χ4n) is 3.21. The van der Waals surface area contributed by atoms with Gasteiger partial charge in [-0.15, -0.1) is 24.8 Å². The van der Waals surface area contributed by atoms with Crippen LogP contribution < -0.4 is 10.5 Å². The molecule has 1 saturated heterocycles. The van der Waals surface area contributed by atoms with Crippen LogP contribution in [0.15, 0.2) is 36.4 Å². The molecule has 0 saturated carbocycles. The number of carbonyl (C=O) groups excluding carboxylic acids is 1. The molecule has 0 bridgehead atoms. The summed E-state index contributed by atoms with van der Waals surface area (Å²) in [6.07, 6.45) is 0. The van der Waals surface area contributed by atoms with Gasteiger partial charge in [-0.1, -0.05) is 35.9 Å². The van der Waals surface area contributed by atoms with E-state index < -0.39 is 0 Å². The molecule has 154 valence electrons. The van der Waals surface area contributed by atoms with Crippen molar-refractivity contribution in [2.45, 2.75) is 13.5 Å². The second kappa shape index (κ2) is 10.8. The quantitative estimate of drug-likeness (QED) is 0.720. The number of carbonyl (C=O) groups is 1. The maximum absolute atomic E-state index is 12.9. The predicted molar refractivity (Wildman–Crippen MR) is 119 cm³/mol. The van der Waals surface area contributed by atoms with E-state index in [-0.39, 0.29) is 30.7 Å². The Bertz CT molecular complexity index is 809. The third-order valence-corrected chi connectivity index (χ3v) is 5.19. The van der Waals surface area contributed by atoms with Crippen LogP contribution in [-0.4, -0.2) is 49.0 Å². The van der Waals surface area contributed by atoms with Crippen molar-refractivity contribution in [2.75, 3.05) is 39.0 Å². The Hall–Kier alpha value is -1.66. The van der Waals surface area contributed by atoms with Gasteiger partial charge in [0, 0.05) is 38.8 Å². The molecule has 3 rings (SSSR count). The molecule has 1 aliphatic heterocycles. The maximum Gasteiger partial charge on any atom is 0.257 e. The highest BCUT2D eigenvalue weighted by molar-refractivity contribution is 6.33. The van der Waals surface area contributed by atoms with E-state index in [0.29, 0.717) is 35.1 Å². The molecule has 28 heavy (non-hydrogen) atoms. The first-order chi connectivity index (χ1) is 12.5. The second-order valence-electron chi connectivity index (χ2n) is 6.57. The molecule has 0 aliphatic carbocycles. The number of rotatable bonds is 4. The van der Waals surface area contributed by atoms with Crippen molar-refractivity contribution in [3.8, 4) is 5.75 Å². The lowest BCUT2D eigenvalue weighted by atomic mass is 10.1. The number of halogens is 3. The molecule has 2 aromatic carbocycles. The fourth-order valence-corrected chi connectivity index (χ4v) is 3.38. The summed E-state index contributed by atoms with van der Waals surface area (Å²) in [4.78, 5) is 17.1. The van der Waals surface area contributed by atoms with Gasteiger partial charge in [-0.25, -0.2) is 0 Å². The molecule has 0 atom stereocenters. The summed E-state index contributed by atoms with van der Waals surface area (Å²) in [6.45, 7) is 6.07. The van der Waals surface area contributed by atoms with Crippen LogP contribution in [0, 0.1) is 6.92 Å². The zero-order valence-corrected chi connectivity index (χ0v) is 18.4. The molecule has 5 nitrogen and oxygen atoms in total. The SMILES string of the molecule is COc1cc(N)c(Cl)cc1C(=O)N1CCN(Cc2ccccc2C)CC1.Cl.Cl. The molecule has 8 heteroatoms. The summed E-state index contributed by atoms with van der Waals surface area (Å²) in [5.74, 6) is 0.388. The maximum atomic E-state index is 12.9. The van der Waals surface area contributed by atoms with E-state index in [1.54, 1.807) is 12.1 Å². The molecule has 2 aromatic rings. The van der Waals surface area contributed by atoms with Gasteiger partial charge in [0.1, 0.15) is 5.75 Å². The summed E-state index contributed by atoms with van der Waals surface area (Å²) in [5.41, 5.74) is 9.30. The van der Waals surface area contributed by atoms with E-state index in [4.69, 9.17) is 22.1 Å². The van der Waals surface area contributed by atoms with Crippen LogP contribution in [0.25, 0.3) is 0 Å². The largest absolute Gasteiger partial charge is 0.496 e. The van der Waals surface area contributed by atoms with Gasteiger partial charge in [0.15, 0.2) is 0 Å². The van der Waals surface area contributed by atoms with E-state index in [9.17, 15) is 4.79 Å². The average molecular weight is 447 g/mol. The zero-order valence-electron chi connectivity index (χ0n) is 16.0. The molecule has 1 fully saturated rings. The first-order valence-electron chi connectivity index (χ1n) is 8.68. The number of nitrogen functional groups attached to an aromatic ring is 1. The van der Waals surface area contributed by atoms with E-state index >= 15 is 0 Å². The Kier molecular flexibility index (Phi) is 9.37. The number of amides is 1. The van der Waals surface area contributed by atoms with Gasteiger partial charge in [-0.3, -0.25) is 9.69 Å². The molecule has 0 aromatic heterocycles. The van der Waals surface area contributed by atoms with Crippen molar-refractivity contribution in [3.05, 3.63) is 58.1 Å². The van der Waals surface area contributed by atoms with Crippen molar-refractivity contribution >= 4 is 48.0 Å². The number of hydrogen-bond donors (Lipinski definition) is 1. The highest BCUT2D eigenvalue weighted by Gasteiger charge is 2.25. The Morgan fingerprint density at radius 1 is 1.14 bits per heavy atom. The average Bonchev–Trinajstić information content (AvgIpc) is 2.65. The van der Waals surface area contributed by atoms with Crippen LogP contribution >= 0.6 is 36.4 Å². The highest BCUT2D eigenvalue weighted by atomic mass is 35.5. The van der Waals surface area contributed by atoms with Gasteiger partial charge >= 0.3 is 0 Å². The van der Waals surface area contributed by atoms with Gasteiger partial charge in [0.05, 0.1) is 23.4 Å². The number of aryl methyl sites for hydroxylation is 1. The third kappa shape index (κ3) is 5.45. The second-order valence-corrected chi connectivity index (χ2v) is 6.98. The lowest BCUT2D eigenvalue weighted by Crippen LogP contribution is -2.48. The minimum atomic E-state index is -0.0701. The van der Waals surface area contributed by atoms with Gasteiger partial charge in [-0.2, -0.15) is 0 Å². The Balaban J connectivity index is 0.00000196. The monoisotopic (exact) mass is 445 g/mol. The lowest BCUT2D eigenvalue weighted by molar-refractivity contribution is 0.0625. The van der Waals surface area contributed by atoms with Crippen LogP contribution in [0.5, 0.6) is 5.75 Å². The molecule has 0 radical (unpaired) electrons. The number of ether oxygens (including phenoxy) is 1. The van der Waals surface area contributed by atoms with Crippen molar-refractivity contribution in [2.24, 2.45) is 0 Å². The number of methoxy groups -OCH3 is 1. The first kappa shape index (κ1) is 24.4. The summed E-state index contributed by atoms with van der Waals surface area (Å²) < 4.78 is 5.31. The van der Waals surface area contributed by atoms with Gasteiger partial charge in [0.2, 0.25) is 0 Å². The lowest BCUT2D eigenvalue weighted by Gasteiger charge is -2.35. The molecular weight excluding hydrogens is 421 g/mol. The number of nitrogens with two attached hydrogens (primary N) is 1. The summed E-state index contributed by atoms with van der Waals surface area (Å²) in [5, 5.41) is 0.368. The molecule has 1 amide bonds. The third-order valence-electron chi connectivity index (χ3n) is 4.86. The van der Waals surface area contributed by atoms with Crippen molar-refractivity contribution < 1.29 is 9.53 Å². The molecule has 2 N–H and O–H groups in total. The number of anilines is 1. The number of piperazine rings is 1. The summed E-state index contributed by atoms with van der Waals surface area (Å²) >= 11 is 6.09. The van der Waals surface area contributed by atoms with Crippen LogP contribution in [0.3, 0.4) is 0 Å². The minimum Gasteiger partial charge on any atom is -0.496 e. The van der Waals surface area contributed by atoms with Crippen LogP contribution in [0.2, 0.25) is 5.02 Å². The van der Waals surface area contributed by atoms with E-state index in [1.165, 1.54) is 18.2 Å². The smallest absolute Gasteiger partial charge is 0.257 e. The molecule has 1 aliphatic rings. The molecule has 1 heterocycles. The standard InChI is InChI=1S/C20H24ClN3O2.2ClH/c1-14-5-3-4-6-15(14)13-23-7-9-24(10-8-23)20(25)16-11-17(21)18(22)12-19(16)26-2;;/h3-6,11-12H,7-10,13,22H2,1-2H3;2*1H. The van der Waals surface area contributed by atoms with Crippen molar-refractivity contribution in [3.63, 3.8) is 0 Å². The number of nitrogens with zero attached hydrogens (tertiary/aromatic N) is 2. The predicted octanol–water partition coefficient (Wildman–Crippen LogP) is 4.04. The van der Waals surface area contributed by atoms with Gasteiger partial charge in [-0.05, 0) is 24.1 Å². The van der Waals surface area contributed by atoms with Gasteiger partial charge < -0.3 is 15.4 Å².